The molecule has 160 valence electrons. The summed E-state index contributed by atoms with van der Waals surface area (Å²) in [5.74, 6) is 1.31. The maximum absolute atomic E-state index is 12.9. The molecule has 1 saturated carbocycles. The Morgan fingerprint density at radius 3 is 2.72 bits per heavy atom. The van der Waals surface area contributed by atoms with Gasteiger partial charge in [0.2, 0.25) is 0 Å². The molecule has 0 radical (unpaired) electrons. The second-order valence-corrected chi connectivity index (χ2v) is 7.78. The Hall–Kier alpha value is -4.14. The van der Waals surface area contributed by atoms with Crippen molar-refractivity contribution in [3.05, 3.63) is 84.3 Å². The van der Waals surface area contributed by atoms with Crippen molar-refractivity contribution < 1.29 is 4.79 Å². The molecular formula is C23H22N8O. The van der Waals surface area contributed by atoms with Gasteiger partial charge in [-0.15, -0.1) is 10.2 Å². The fourth-order valence-electron chi connectivity index (χ4n) is 3.62. The number of carbonyl (C=O) groups excluding carboxylic acids is 1. The number of nitrogens with one attached hydrogen (secondary N) is 2. The van der Waals surface area contributed by atoms with Crippen LogP contribution in [0.15, 0.2) is 67.3 Å². The third kappa shape index (κ3) is 3.92. The van der Waals surface area contributed by atoms with E-state index in [-0.39, 0.29) is 11.4 Å². The van der Waals surface area contributed by atoms with Gasteiger partial charge in [0.25, 0.3) is 5.91 Å². The summed E-state index contributed by atoms with van der Waals surface area (Å²) in [6.07, 6.45) is 6.71. The van der Waals surface area contributed by atoms with Gasteiger partial charge >= 0.3 is 0 Å². The highest BCUT2D eigenvalue weighted by Crippen LogP contribution is 2.44. The van der Waals surface area contributed by atoms with Gasteiger partial charge in [-0.05, 0) is 49.2 Å². The lowest BCUT2D eigenvalue weighted by Crippen LogP contribution is -2.35. The zero-order valence-electron chi connectivity index (χ0n) is 17.6. The lowest BCUT2D eigenvalue weighted by atomic mass is 10.1. The van der Waals surface area contributed by atoms with Gasteiger partial charge in [0.05, 0.1) is 17.8 Å². The molecule has 0 saturated heterocycles. The van der Waals surface area contributed by atoms with Crippen molar-refractivity contribution >= 4 is 11.6 Å². The minimum atomic E-state index is -0.349. The molecule has 9 nitrogen and oxygen atoms in total. The van der Waals surface area contributed by atoms with Gasteiger partial charge in [-0.3, -0.25) is 9.78 Å². The van der Waals surface area contributed by atoms with Gasteiger partial charge in [0, 0.05) is 30.7 Å². The zero-order valence-corrected chi connectivity index (χ0v) is 17.6. The van der Waals surface area contributed by atoms with E-state index in [4.69, 9.17) is 0 Å². The van der Waals surface area contributed by atoms with Crippen molar-refractivity contribution in [2.24, 2.45) is 7.05 Å². The summed E-state index contributed by atoms with van der Waals surface area (Å²) in [7, 11) is 1.89. The van der Waals surface area contributed by atoms with E-state index in [0.717, 1.165) is 30.0 Å². The Kier molecular flexibility index (Phi) is 5.06. The average molecular weight is 426 g/mol. The molecule has 0 aliphatic heterocycles. The second kappa shape index (κ2) is 8.18. The third-order valence-corrected chi connectivity index (χ3v) is 5.61. The number of benzene rings is 1. The number of hydrogen-bond donors (Lipinski definition) is 2. The Morgan fingerprint density at radius 2 is 1.97 bits per heavy atom. The number of carbonyl (C=O) groups is 1. The molecule has 1 aliphatic carbocycles. The lowest BCUT2D eigenvalue weighted by molar-refractivity contribution is 0.0930. The van der Waals surface area contributed by atoms with Crippen molar-refractivity contribution in [2.45, 2.75) is 24.9 Å². The first-order valence-electron chi connectivity index (χ1n) is 10.4. The Bertz CT molecular complexity index is 1240. The number of aromatic nitrogens is 6. The predicted molar refractivity (Wildman–Crippen MR) is 118 cm³/mol. The van der Waals surface area contributed by atoms with Crippen molar-refractivity contribution in [2.75, 3.05) is 5.32 Å². The highest BCUT2D eigenvalue weighted by Gasteiger charge is 2.47. The summed E-state index contributed by atoms with van der Waals surface area (Å²) >= 11 is 0. The molecule has 1 aromatic carbocycles. The lowest BCUT2D eigenvalue weighted by Gasteiger charge is -2.17. The second-order valence-electron chi connectivity index (χ2n) is 7.78. The molecule has 0 unspecified atom stereocenters. The highest BCUT2D eigenvalue weighted by atomic mass is 16.1. The largest absolute Gasteiger partial charge is 0.378 e. The summed E-state index contributed by atoms with van der Waals surface area (Å²) in [6.45, 7) is 0.456. The van der Waals surface area contributed by atoms with Gasteiger partial charge in [0.15, 0.2) is 11.6 Å². The van der Waals surface area contributed by atoms with E-state index in [1.807, 2.05) is 54.1 Å². The van der Waals surface area contributed by atoms with Crippen molar-refractivity contribution in [3.63, 3.8) is 0 Å². The van der Waals surface area contributed by atoms with Crippen LogP contribution in [-0.4, -0.2) is 35.6 Å². The summed E-state index contributed by atoms with van der Waals surface area (Å²) in [5, 5.41) is 15.0. The highest BCUT2D eigenvalue weighted by molar-refractivity contribution is 5.95. The number of nitrogens with zero attached hydrogens (tertiary/aromatic N) is 6. The van der Waals surface area contributed by atoms with Gasteiger partial charge in [-0.1, -0.05) is 12.1 Å². The predicted octanol–water partition coefficient (Wildman–Crippen LogP) is 2.70. The van der Waals surface area contributed by atoms with Gasteiger partial charge < -0.3 is 15.2 Å². The molecule has 0 atom stereocenters. The Morgan fingerprint density at radius 1 is 1.06 bits per heavy atom. The number of amides is 1. The minimum Gasteiger partial charge on any atom is -0.378 e. The van der Waals surface area contributed by atoms with Gasteiger partial charge in [0.1, 0.15) is 12.0 Å². The topological polar surface area (TPSA) is 111 Å². The first-order chi connectivity index (χ1) is 15.6. The molecule has 32 heavy (non-hydrogen) atoms. The van der Waals surface area contributed by atoms with Crippen molar-refractivity contribution in [1.82, 2.24) is 35.0 Å². The van der Waals surface area contributed by atoms with Crippen LogP contribution in [0, 0.1) is 0 Å². The molecule has 0 bridgehead atoms. The molecule has 4 aromatic rings. The number of hydrogen-bond acceptors (Lipinski definition) is 7. The molecule has 5 rings (SSSR count). The molecule has 1 amide bonds. The number of pyridine rings is 1. The smallest absolute Gasteiger partial charge is 0.252 e. The molecular weight excluding hydrogens is 404 g/mol. The first kappa shape index (κ1) is 19.8. The maximum Gasteiger partial charge on any atom is 0.252 e. The average Bonchev–Trinajstić information content (AvgIpc) is 3.53. The fourth-order valence-corrected chi connectivity index (χ4v) is 3.62. The SMILES string of the molecule is Cn1c(CNc2cccc(C(=O)NC3(c4ccccn4)CC3)c2)nnc1-c1ccncn1. The molecule has 9 heteroatoms. The van der Waals surface area contributed by atoms with E-state index in [2.05, 4.69) is 35.8 Å². The van der Waals surface area contributed by atoms with E-state index in [9.17, 15) is 4.79 Å². The monoisotopic (exact) mass is 426 g/mol. The van der Waals surface area contributed by atoms with E-state index >= 15 is 0 Å². The summed E-state index contributed by atoms with van der Waals surface area (Å²) in [5.41, 5.74) is 2.69. The van der Waals surface area contributed by atoms with Gasteiger partial charge in [-0.25, -0.2) is 9.97 Å². The third-order valence-electron chi connectivity index (χ3n) is 5.61. The minimum absolute atomic E-state index is 0.110. The quantitative estimate of drug-likeness (QED) is 0.467. The van der Waals surface area contributed by atoms with Crippen LogP contribution in [0.25, 0.3) is 11.5 Å². The molecule has 3 heterocycles. The number of rotatable bonds is 7. The van der Waals surface area contributed by atoms with Crippen LogP contribution in [0.4, 0.5) is 5.69 Å². The van der Waals surface area contributed by atoms with Crippen molar-refractivity contribution in [3.8, 4) is 11.5 Å². The van der Waals surface area contributed by atoms with Crippen LogP contribution in [0.5, 0.6) is 0 Å². The molecule has 0 spiro atoms. The maximum atomic E-state index is 12.9. The van der Waals surface area contributed by atoms with E-state index in [0.29, 0.717) is 23.6 Å². The van der Waals surface area contributed by atoms with Crippen molar-refractivity contribution in [1.29, 1.82) is 0 Å². The van der Waals surface area contributed by atoms with E-state index < -0.39 is 0 Å². The Balaban J connectivity index is 1.26. The van der Waals surface area contributed by atoms with Crippen LogP contribution in [0.3, 0.4) is 0 Å². The van der Waals surface area contributed by atoms with Crippen LogP contribution >= 0.6 is 0 Å². The summed E-state index contributed by atoms with van der Waals surface area (Å²) < 4.78 is 1.88. The van der Waals surface area contributed by atoms with E-state index in [1.165, 1.54) is 6.33 Å². The zero-order chi connectivity index (χ0) is 22.0. The van der Waals surface area contributed by atoms with Crippen LogP contribution < -0.4 is 10.6 Å². The first-order valence-corrected chi connectivity index (χ1v) is 10.4. The molecule has 3 aromatic heterocycles. The van der Waals surface area contributed by atoms with Crippen LogP contribution in [0.2, 0.25) is 0 Å². The fraction of sp³-hybridized carbons (Fsp3) is 0.217. The normalized spacial score (nSPS) is 14.0. The Labute approximate surface area is 185 Å². The number of anilines is 1. The molecule has 1 fully saturated rings. The van der Waals surface area contributed by atoms with Crippen LogP contribution in [0.1, 0.15) is 34.7 Å². The standard InChI is InChI=1S/C23H22N8O/c1-31-20(29-30-21(31)18-8-12-24-15-27-18)14-26-17-6-4-5-16(13-17)22(32)28-23(9-10-23)19-7-2-3-11-25-19/h2-8,11-13,15,26H,9-10,14H2,1H3,(H,28,32). The molecule has 1 aliphatic rings. The van der Waals surface area contributed by atoms with E-state index in [1.54, 1.807) is 18.5 Å². The van der Waals surface area contributed by atoms with Crippen LogP contribution in [-0.2, 0) is 19.1 Å². The molecule has 2 N–H and O–H groups in total. The summed E-state index contributed by atoms with van der Waals surface area (Å²) in [6, 6.07) is 15.0. The van der Waals surface area contributed by atoms with Gasteiger partial charge in [-0.2, -0.15) is 0 Å². The summed E-state index contributed by atoms with van der Waals surface area (Å²) in [4.78, 5) is 25.5.